The second-order valence-corrected chi connectivity index (χ2v) is 4.70. The number of hydrogen-bond donors (Lipinski definition) is 2. The number of nitrogen functional groups attached to an aromatic ring is 1. The smallest absolute Gasteiger partial charge is 0.296 e. The van der Waals surface area contributed by atoms with E-state index in [2.05, 4.69) is 5.32 Å². The number of ether oxygens (including phenoxy) is 1. The molecule has 2 rings (SSSR count). The molecular formula is C14H12ClN3O4. The van der Waals surface area contributed by atoms with Gasteiger partial charge >= 0.3 is 0 Å². The van der Waals surface area contributed by atoms with Crippen molar-refractivity contribution in [2.45, 2.75) is 0 Å². The van der Waals surface area contributed by atoms with Crippen molar-refractivity contribution in [3.63, 3.8) is 0 Å². The Morgan fingerprint density at radius 2 is 2.09 bits per heavy atom. The Kier molecular flexibility index (Phi) is 4.47. The van der Waals surface area contributed by atoms with Gasteiger partial charge in [0.2, 0.25) is 0 Å². The zero-order chi connectivity index (χ0) is 16.3. The molecule has 2 aromatic rings. The number of methoxy groups -OCH3 is 1. The lowest BCUT2D eigenvalue weighted by Crippen LogP contribution is -2.15. The summed E-state index contributed by atoms with van der Waals surface area (Å²) in [6, 6.07) is 8.70. The zero-order valence-corrected chi connectivity index (χ0v) is 12.3. The van der Waals surface area contributed by atoms with Crippen LogP contribution >= 0.6 is 11.6 Å². The molecule has 0 radical (unpaired) electrons. The first-order valence-corrected chi connectivity index (χ1v) is 6.49. The van der Waals surface area contributed by atoms with Crippen molar-refractivity contribution < 1.29 is 14.5 Å². The summed E-state index contributed by atoms with van der Waals surface area (Å²) in [4.78, 5) is 22.7. The van der Waals surface area contributed by atoms with Crippen LogP contribution in [0.2, 0.25) is 5.02 Å². The quantitative estimate of drug-likeness (QED) is 0.511. The summed E-state index contributed by atoms with van der Waals surface area (Å²) in [6.45, 7) is 0. The van der Waals surface area contributed by atoms with Crippen LogP contribution in [0.25, 0.3) is 0 Å². The molecule has 7 nitrogen and oxygen atoms in total. The lowest BCUT2D eigenvalue weighted by atomic mass is 10.1. The van der Waals surface area contributed by atoms with Crippen molar-refractivity contribution in [2.24, 2.45) is 0 Å². The maximum absolute atomic E-state index is 12.2. The fraction of sp³-hybridized carbons (Fsp3) is 0.0714. The number of rotatable bonds is 4. The fourth-order valence-electron chi connectivity index (χ4n) is 1.82. The van der Waals surface area contributed by atoms with E-state index in [0.717, 1.165) is 0 Å². The summed E-state index contributed by atoms with van der Waals surface area (Å²) in [5.74, 6) is -0.278. The lowest BCUT2D eigenvalue weighted by Gasteiger charge is -2.09. The molecule has 22 heavy (non-hydrogen) atoms. The van der Waals surface area contributed by atoms with Crippen LogP contribution in [-0.2, 0) is 0 Å². The van der Waals surface area contributed by atoms with Gasteiger partial charge in [-0.25, -0.2) is 0 Å². The molecule has 0 heterocycles. The Morgan fingerprint density at radius 3 is 2.73 bits per heavy atom. The molecule has 0 atom stereocenters. The van der Waals surface area contributed by atoms with Gasteiger partial charge in [0, 0.05) is 0 Å². The topological polar surface area (TPSA) is 107 Å². The van der Waals surface area contributed by atoms with Crippen molar-refractivity contribution in [1.29, 1.82) is 0 Å². The van der Waals surface area contributed by atoms with Crippen LogP contribution in [0.5, 0.6) is 5.75 Å². The number of carbonyl (C=O) groups is 1. The minimum atomic E-state index is -0.612. The number of halogens is 1. The second-order valence-electron chi connectivity index (χ2n) is 4.30. The normalized spacial score (nSPS) is 10.1. The Hall–Kier alpha value is -2.80. The first-order chi connectivity index (χ1) is 10.4. The third kappa shape index (κ3) is 3.09. The number of nitrogens with two attached hydrogens (primary N) is 1. The number of anilines is 2. The predicted molar refractivity (Wildman–Crippen MR) is 83.5 cm³/mol. The van der Waals surface area contributed by atoms with Gasteiger partial charge in [-0.1, -0.05) is 17.7 Å². The van der Waals surface area contributed by atoms with Crippen molar-refractivity contribution in [2.75, 3.05) is 18.2 Å². The number of nitrogens with one attached hydrogen (secondary N) is 1. The number of para-hydroxylation sites is 1. The highest BCUT2D eigenvalue weighted by Gasteiger charge is 2.19. The third-order valence-corrected chi connectivity index (χ3v) is 3.28. The van der Waals surface area contributed by atoms with Gasteiger partial charge in [0.25, 0.3) is 11.6 Å². The van der Waals surface area contributed by atoms with Crippen molar-refractivity contribution in [3.8, 4) is 5.75 Å². The lowest BCUT2D eigenvalue weighted by molar-refractivity contribution is -0.384. The predicted octanol–water partition coefficient (Wildman–Crippen LogP) is 3.09. The summed E-state index contributed by atoms with van der Waals surface area (Å²) in [5.41, 5.74) is 5.73. The summed E-state index contributed by atoms with van der Waals surface area (Å²) in [5, 5.41) is 13.8. The first kappa shape index (κ1) is 15.6. The Morgan fingerprint density at radius 1 is 1.36 bits per heavy atom. The maximum Gasteiger partial charge on any atom is 0.296 e. The van der Waals surface area contributed by atoms with Crippen LogP contribution in [0.1, 0.15) is 10.4 Å². The van der Waals surface area contributed by atoms with E-state index in [9.17, 15) is 14.9 Å². The minimum Gasteiger partial charge on any atom is -0.496 e. The van der Waals surface area contributed by atoms with E-state index in [1.54, 1.807) is 12.1 Å². The SMILES string of the molecule is COc1ccc(NC(=O)c2cccc(Cl)c2N)c([N+](=O)[O-])c1. The molecular weight excluding hydrogens is 310 g/mol. The van der Waals surface area contributed by atoms with Gasteiger partial charge in [0.15, 0.2) is 0 Å². The summed E-state index contributed by atoms with van der Waals surface area (Å²) in [6.07, 6.45) is 0. The van der Waals surface area contributed by atoms with Gasteiger partial charge in [-0.2, -0.15) is 0 Å². The van der Waals surface area contributed by atoms with Crippen molar-refractivity contribution in [3.05, 3.63) is 57.1 Å². The van der Waals surface area contributed by atoms with E-state index in [1.165, 1.54) is 31.4 Å². The molecule has 0 aliphatic rings. The van der Waals surface area contributed by atoms with Gasteiger partial charge in [0.1, 0.15) is 11.4 Å². The molecule has 0 saturated heterocycles. The molecule has 0 unspecified atom stereocenters. The maximum atomic E-state index is 12.2. The molecule has 0 aliphatic heterocycles. The number of nitro groups is 1. The first-order valence-electron chi connectivity index (χ1n) is 6.11. The molecule has 3 N–H and O–H groups in total. The Labute approximate surface area is 130 Å². The largest absolute Gasteiger partial charge is 0.496 e. The number of hydrogen-bond acceptors (Lipinski definition) is 5. The molecule has 0 spiro atoms. The van der Waals surface area contributed by atoms with Crippen molar-refractivity contribution >= 4 is 34.6 Å². The van der Waals surface area contributed by atoms with Gasteiger partial charge in [0.05, 0.1) is 34.4 Å². The molecule has 0 bridgehead atoms. The highest BCUT2D eigenvalue weighted by molar-refractivity contribution is 6.34. The van der Waals surface area contributed by atoms with Crippen LogP contribution in [0.3, 0.4) is 0 Å². The summed E-state index contributed by atoms with van der Waals surface area (Å²) < 4.78 is 4.93. The molecule has 0 saturated carbocycles. The second kappa shape index (κ2) is 6.31. The minimum absolute atomic E-state index is 0.0372. The van der Waals surface area contributed by atoms with E-state index in [4.69, 9.17) is 22.1 Å². The number of benzene rings is 2. The molecule has 0 aliphatic carbocycles. The molecule has 0 aromatic heterocycles. The molecule has 114 valence electrons. The van der Waals surface area contributed by atoms with E-state index in [0.29, 0.717) is 5.75 Å². The molecule has 8 heteroatoms. The van der Waals surface area contributed by atoms with Crippen LogP contribution in [-0.4, -0.2) is 17.9 Å². The fourth-order valence-corrected chi connectivity index (χ4v) is 1.99. The van der Waals surface area contributed by atoms with E-state index < -0.39 is 10.8 Å². The monoisotopic (exact) mass is 321 g/mol. The van der Waals surface area contributed by atoms with Crippen molar-refractivity contribution in [1.82, 2.24) is 0 Å². The average Bonchev–Trinajstić information content (AvgIpc) is 2.50. The number of nitro benzene ring substituents is 1. The van der Waals surface area contributed by atoms with Gasteiger partial charge in [-0.3, -0.25) is 14.9 Å². The Bertz CT molecular complexity index is 749. The number of nitrogens with zero attached hydrogens (tertiary/aromatic N) is 1. The molecule has 2 aromatic carbocycles. The number of amides is 1. The van der Waals surface area contributed by atoms with Crippen LogP contribution in [0.15, 0.2) is 36.4 Å². The standard InChI is InChI=1S/C14H12ClN3O4/c1-22-8-5-6-11(12(7-8)18(20)21)17-14(19)9-3-2-4-10(15)13(9)16/h2-7H,16H2,1H3,(H,17,19). The van der Waals surface area contributed by atoms with Crippen LogP contribution < -0.4 is 15.8 Å². The van der Waals surface area contributed by atoms with Crippen LogP contribution in [0.4, 0.5) is 17.1 Å². The van der Waals surface area contributed by atoms with E-state index >= 15 is 0 Å². The highest BCUT2D eigenvalue weighted by Crippen LogP contribution is 2.30. The van der Waals surface area contributed by atoms with Gasteiger partial charge in [-0.15, -0.1) is 0 Å². The molecule has 1 amide bonds. The van der Waals surface area contributed by atoms with Gasteiger partial charge in [-0.05, 0) is 24.3 Å². The van der Waals surface area contributed by atoms with Crippen LogP contribution in [0, 0.1) is 10.1 Å². The number of carbonyl (C=O) groups excluding carboxylic acids is 1. The molecule has 0 fully saturated rings. The summed E-state index contributed by atoms with van der Waals surface area (Å²) in [7, 11) is 1.39. The van der Waals surface area contributed by atoms with Gasteiger partial charge < -0.3 is 15.8 Å². The Balaban J connectivity index is 2.36. The van der Waals surface area contributed by atoms with E-state index in [-0.39, 0.29) is 27.6 Å². The average molecular weight is 322 g/mol. The highest BCUT2D eigenvalue weighted by atomic mass is 35.5. The summed E-state index contributed by atoms with van der Waals surface area (Å²) >= 11 is 5.85. The van der Waals surface area contributed by atoms with E-state index in [1.807, 2.05) is 0 Å². The third-order valence-electron chi connectivity index (χ3n) is 2.95. The zero-order valence-electron chi connectivity index (χ0n) is 11.5.